The van der Waals surface area contributed by atoms with Crippen molar-refractivity contribution in [3.8, 4) is 5.75 Å². The molecule has 1 heterocycles. The van der Waals surface area contributed by atoms with Crippen LogP contribution in [0.1, 0.15) is 29.3 Å². The molecular weight excluding hydrogens is 406 g/mol. The number of hydrogen-bond donors (Lipinski definition) is 0. The lowest BCUT2D eigenvalue weighted by Gasteiger charge is -2.11. The second-order valence-electron chi connectivity index (χ2n) is 6.32. The van der Waals surface area contributed by atoms with Crippen molar-refractivity contribution in [1.82, 2.24) is 0 Å². The third-order valence-electron chi connectivity index (χ3n) is 4.13. The predicted molar refractivity (Wildman–Crippen MR) is 107 cm³/mol. The van der Waals surface area contributed by atoms with Gasteiger partial charge in [0.25, 0.3) is 0 Å². The Morgan fingerprint density at radius 1 is 1.14 bits per heavy atom. The minimum atomic E-state index is -0.806. The number of thiophene rings is 1. The molecular formula is C21H19ClF2O3S. The first-order valence-electron chi connectivity index (χ1n) is 8.82. The minimum absolute atomic E-state index is 0.00692. The molecule has 3 aromatic rings. The number of hydrogen-bond acceptors (Lipinski definition) is 4. The second-order valence-corrected chi connectivity index (χ2v) is 8.02. The molecule has 0 amide bonds. The van der Waals surface area contributed by atoms with Crippen molar-refractivity contribution in [3.05, 3.63) is 63.0 Å². The van der Waals surface area contributed by atoms with Crippen molar-refractivity contribution in [3.63, 3.8) is 0 Å². The molecule has 0 atom stereocenters. The SMILES string of the molecule is CCOC(=O)CCc1cc(F)c(OCc2cc(Cl)cc3cc(C)sc23)c(F)c1. The fraction of sp³-hybridized carbons (Fsp3) is 0.286. The van der Waals surface area contributed by atoms with Crippen LogP contribution in [0, 0.1) is 18.6 Å². The molecule has 0 aliphatic rings. The average Bonchev–Trinajstić information content (AvgIpc) is 2.99. The first kappa shape index (κ1) is 20.6. The molecule has 148 valence electrons. The van der Waals surface area contributed by atoms with Crippen molar-refractivity contribution in [1.29, 1.82) is 0 Å². The van der Waals surface area contributed by atoms with Crippen LogP contribution < -0.4 is 4.74 Å². The maximum Gasteiger partial charge on any atom is 0.306 e. The Kier molecular flexibility index (Phi) is 6.52. The lowest BCUT2D eigenvalue weighted by Crippen LogP contribution is -2.06. The molecule has 7 heteroatoms. The molecule has 0 unspecified atom stereocenters. The molecule has 0 bridgehead atoms. The number of ether oxygens (including phenoxy) is 2. The van der Waals surface area contributed by atoms with E-state index < -0.39 is 23.4 Å². The van der Waals surface area contributed by atoms with E-state index in [0.717, 1.165) is 20.5 Å². The van der Waals surface area contributed by atoms with Crippen LogP contribution in [-0.4, -0.2) is 12.6 Å². The normalized spacial score (nSPS) is 11.0. The van der Waals surface area contributed by atoms with Gasteiger partial charge in [-0.1, -0.05) is 11.6 Å². The van der Waals surface area contributed by atoms with E-state index >= 15 is 0 Å². The Balaban J connectivity index is 1.75. The van der Waals surface area contributed by atoms with Gasteiger partial charge in [0.2, 0.25) is 0 Å². The first-order chi connectivity index (χ1) is 13.4. The standard InChI is InChI=1S/C21H19ClF2O3S/c1-3-26-19(25)5-4-13-7-17(23)20(18(24)8-13)27-11-15-10-16(22)9-14-6-12(2)28-21(14)15/h6-10H,3-5,11H2,1-2H3. The topological polar surface area (TPSA) is 35.5 Å². The number of benzene rings is 2. The minimum Gasteiger partial charge on any atom is -0.483 e. The molecule has 0 radical (unpaired) electrons. The van der Waals surface area contributed by atoms with Crippen molar-refractivity contribution in [2.75, 3.05) is 6.61 Å². The Labute approximate surface area is 170 Å². The zero-order chi connectivity index (χ0) is 20.3. The van der Waals surface area contributed by atoms with Crippen LogP contribution in [-0.2, 0) is 22.6 Å². The van der Waals surface area contributed by atoms with Crippen LogP contribution in [0.15, 0.2) is 30.3 Å². The molecule has 0 N–H and O–H groups in total. The average molecular weight is 425 g/mol. The number of rotatable bonds is 7. The lowest BCUT2D eigenvalue weighted by molar-refractivity contribution is -0.143. The molecule has 0 spiro atoms. The summed E-state index contributed by atoms with van der Waals surface area (Å²) < 4.78 is 40.0. The molecule has 0 saturated carbocycles. The molecule has 0 aliphatic carbocycles. The number of carbonyl (C=O) groups excluding carboxylic acids is 1. The molecule has 0 fully saturated rings. The van der Waals surface area contributed by atoms with Crippen LogP contribution in [0.3, 0.4) is 0 Å². The van der Waals surface area contributed by atoms with E-state index in [0.29, 0.717) is 10.6 Å². The Bertz CT molecular complexity index is 993. The summed E-state index contributed by atoms with van der Waals surface area (Å²) in [7, 11) is 0. The lowest BCUT2D eigenvalue weighted by atomic mass is 10.1. The smallest absolute Gasteiger partial charge is 0.306 e. The third-order valence-corrected chi connectivity index (χ3v) is 5.49. The molecule has 28 heavy (non-hydrogen) atoms. The number of fused-ring (bicyclic) bond motifs is 1. The van der Waals surface area contributed by atoms with Crippen LogP contribution in [0.2, 0.25) is 5.02 Å². The third kappa shape index (κ3) is 4.80. The molecule has 3 rings (SSSR count). The molecule has 0 aliphatic heterocycles. The van der Waals surface area contributed by atoms with Gasteiger partial charge in [0.05, 0.1) is 6.61 Å². The van der Waals surface area contributed by atoms with Gasteiger partial charge in [0.1, 0.15) is 6.61 Å². The summed E-state index contributed by atoms with van der Waals surface area (Å²) in [5, 5.41) is 1.52. The van der Waals surface area contributed by atoms with Gasteiger partial charge in [0.15, 0.2) is 17.4 Å². The van der Waals surface area contributed by atoms with Crippen molar-refractivity contribution in [2.45, 2.75) is 33.3 Å². The van der Waals surface area contributed by atoms with Gasteiger partial charge in [-0.2, -0.15) is 0 Å². The highest BCUT2D eigenvalue weighted by atomic mass is 35.5. The highest BCUT2D eigenvalue weighted by Crippen LogP contribution is 2.33. The summed E-state index contributed by atoms with van der Waals surface area (Å²) in [6, 6.07) is 7.96. The van der Waals surface area contributed by atoms with Crippen LogP contribution in [0.4, 0.5) is 8.78 Å². The van der Waals surface area contributed by atoms with Gasteiger partial charge in [0, 0.05) is 26.6 Å². The van der Waals surface area contributed by atoms with Crippen molar-refractivity contribution >= 4 is 39.0 Å². The van der Waals surface area contributed by atoms with E-state index in [2.05, 4.69) is 0 Å². The predicted octanol–water partition coefficient (Wildman–Crippen LogP) is 6.22. The van der Waals surface area contributed by atoms with E-state index in [-0.39, 0.29) is 26.1 Å². The van der Waals surface area contributed by atoms with E-state index in [4.69, 9.17) is 21.1 Å². The van der Waals surface area contributed by atoms with Crippen molar-refractivity contribution < 1.29 is 23.0 Å². The summed E-state index contributed by atoms with van der Waals surface area (Å²) >= 11 is 7.72. The summed E-state index contributed by atoms with van der Waals surface area (Å²) in [5.74, 6) is -2.46. The molecule has 0 saturated heterocycles. The van der Waals surface area contributed by atoms with E-state index in [1.165, 1.54) is 12.1 Å². The highest BCUT2D eigenvalue weighted by Gasteiger charge is 2.15. The summed E-state index contributed by atoms with van der Waals surface area (Å²) in [6.45, 7) is 3.95. The number of esters is 1. The summed E-state index contributed by atoms with van der Waals surface area (Å²) in [4.78, 5) is 12.5. The van der Waals surface area contributed by atoms with Crippen LogP contribution >= 0.6 is 22.9 Å². The molecule has 1 aromatic heterocycles. The number of halogens is 3. The summed E-state index contributed by atoms with van der Waals surface area (Å²) in [6.07, 6.45) is 0.251. The van der Waals surface area contributed by atoms with Crippen LogP contribution in [0.25, 0.3) is 10.1 Å². The fourth-order valence-electron chi connectivity index (χ4n) is 2.95. The van der Waals surface area contributed by atoms with E-state index in [1.807, 2.05) is 19.1 Å². The zero-order valence-corrected chi connectivity index (χ0v) is 17.1. The molecule has 3 nitrogen and oxygen atoms in total. The fourth-order valence-corrected chi connectivity index (χ4v) is 4.19. The maximum absolute atomic E-state index is 14.4. The maximum atomic E-state index is 14.4. The van der Waals surface area contributed by atoms with Gasteiger partial charge < -0.3 is 9.47 Å². The van der Waals surface area contributed by atoms with Gasteiger partial charge in [-0.25, -0.2) is 8.78 Å². The van der Waals surface area contributed by atoms with Gasteiger partial charge in [-0.05, 0) is 61.5 Å². The largest absolute Gasteiger partial charge is 0.483 e. The van der Waals surface area contributed by atoms with Gasteiger partial charge in [-0.3, -0.25) is 4.79 Å². The number of aryl methyl sites for hydroxylation is 2. The van der Waals surface area contributed by atoms with Gasteiger partial charge in [-0.15, -0.1) is 11.3 Å². The second kappa shape index (κ2) is 8.88. The Morgan fingerprint density at radius 3 is 2.54 bits per heavy atom. The Morgan fingerprint density at radius 2 is 1.86 bits per heavy atom. The van der Waals surface area contributed by atoms with Gasteiger partial charge >= 0.3 is 5.97 Å². The Hall–Kier alpha value is -2.18. The monoisotopic (exact) mass is 424 g/mol. The quantitative estimate of drug-likeness (QED) is 0.422. The van der Waals surface area contributed by atoms with Crippen LogP contribution in [0.5, 0.6) is 5.75 Å². The highest BCUT2D eigenvalue weighted by molar-refractivity contribution is 7.19. The number of carbonyl (C=O) groups is 1. The van der Waals surface area contributed by atoms with E-state index in [9.17, 15) is 13.6 Å². The summed E-state index contributed by atoms with van der Waals surface area (Å²) in [5.41, 5.74) is 1.14. The van der Waals surface area contributed by atoms with E-state index in [1.54, 1.807) is 24.3 Å². The van der Waals surface area contributed by atoms with Crippen molar-refractivity contribution in [2.24, 2.45) is 0 Å². The molecule has 2 aromatic carbocycles. The first-order valence-corrected chi connectivity index (χ1v) is 10.0. The zero-order valence-electron chi connectivity index (χ0n) is 15.5.